The van der Waals surface area contributed by atoms with Gasteiger partial charge >= 0.3 is 0 Å². The Morgan fingerprint density at radius 2 is 2.55 bits per heavy atom. The van der Waals surface area contributed by atoms with Crippen molar-refractivity contribution in [3.63, 3.8) is 0 Å². The Bertz CT molecular complexity index is 224. The van der Waals surface area contributed by atoms with E-state index in [1.807, 2.05) is 0 Å². The van der Waals surface area contributed by atoms with Crippen LogP contribution in [-0.2, 0) is 0 Å². The number of allylic oxidation sites excluding steroid dienone is 1. The highest BCUT2D eigenvalue weighted by Crippen LogP contribution is 2.19. The van der Waals surface area contributed by atoms with Crippen LogP contribution >= 0.6 is 11.3 Å². The third-order valence-electron chi connectivity index (χ3n) is 1.53. The summed E-state index contributed by atoms with van der Waals surface area (Å²) in [6.07, 6.45) is 3.16. The highest BCUT2D eigenvalue weighted by atomic mass is 32.1. The lowest BCUT2D eigenvalue weighted by atomic mass is 10.2. The second-order valence-corrected chi connectivity index (χ2v) is 3.39. The molecule has 0 amide bonds. The van der Waals surface area contributed by atoms with Crippen LogP contribution in [-0.4, -0.2) is 6.54 Å². The SMILES string of the molecule is C/C(=C\CCN)c1cccs1. The molecule has 1 nitrogen and oxygen atoms in total. The van der Waals surface area contributed by atoms with Crippen molar-refractivity contribution in [2.45, 2.75) is 13.3 Å². The molecular weight excluding hydrogens is 154 g/mol. The van der Waals surface area contributed by atoms with E-state index in [1.165, 1.54) is 10.5 Å². The van der Waals surface area contributed by atoms with Crippen LogP contribution in [0.5, 0.6) is 0 Å². The molecular formula is C9H13NS. The maximum Gasteiger partial charge on any atom is 0.0296 e. The molecule has 0 saturated heterocycles. The minimum Gasteiger partial charge on any atom is -0.330 e. The quantitative estimate of drug-likeness (QED) is 0.735. The summed E-state index contributed by atoms with van der Waals surface area (Å²) in [6.45, 7) is 2.87. The first-order valence-electron chi connectivity index (χ1n) is 3.75. The van der Waals surface area contributed by atoms with Crippen molar-refractivity contribution in [1.29, 1.82) is 0 Å². The Morgan fingerprint density at radius 1 is 1.73 bits per heavy atom. The van der Waals surface area contributed by atoms with Gasteiger partial charge in [0.1, 0.15) is 0 Å². The summed E-state index contributed by atoms with van der Waals surface area (Å²) in [5.41, 5.74) is 6.73. The van der Waals surface area contributed by atoms with Crippen molar-refractivity contribution in [3.05, 3.63) is 28.5 Å². The molecule has 1 aromatic rings. The summed E-state index contributed by atoms with van der Waals surface area (Å²) in [6, 6.07) is 4.20. The standard InChI is InChI=1S/C9H13NS/c1-8(4-2-6-10)9-5-3-7-11-9/h3-5,7H,2,6,10H2,1H3/b8-4+. The van der Waals surface area contributed by atoms with Gasteiger partial charge in [0.05, 0.1) is 0 Å². The number of nitrogens with two attached hydrogens (primary N) is 1. The van der Waals surface area contributed by atoms with E-state index in [2.05, 4.69) is 30.5 Å². The van der Waals surface area contributed by atoms with Crippen molar-refractivity contribution >= 4 is 16.9 Å². The van der Waals surface area contributed by atoms with Gasteiger partial charge in [-0.1, -0.05) is 12.1 Å². The minimum absolute atomic E-state index is 0.739. The third kappa shape index (κ3) is 2.48. The third-order valence-corrected chi connectivity index (χ3v) is 2.53. The normalized spacial score (nSPS) is 12.0. The first-order valence-corrected chi connectivity index (χ1v) is 4.63. The van der Waals surface area contributed by atoms with Crippen molar-refractivity contribution in [3.8, 4) is 0 Å². The maximum atomic E-state index is 5.39. The molecule has 2 heteroatoms. The van der Waals surface area contributed by atoms with Crippen LogP contribution in [0.4, 0.5) is 0 Å². The fourth-order valence-electron chi connectivity index (χ4n) is 0.903. The summed E-state index contributed by atoms with van der Waals surface area (Å²) in [7, 11) is 0. The molecule has 1 heterocycles. The van der Waals surface area contributed by atoms with E-state index in [0.29, 0.717) is 0 Å². The number of hydrogen-bond donors (Lipinski definition) is 1. The van der Waals surface area contributed by atoms with E-state index in [0.717, 1.165) is 13.0 Å². The number of rotatable bonds is 3. The molecule has 0 fully saturated rings. The maximum absolute atomic E-state index is 5.39. The van der Waals surface area contributed by atoms with E-state index < -0.39 is 0 Å². The zero-order chi connectivity index (χ0) is 8.10. The fraction of sp³-hybridized carbons (Fsp3) is 0.333. The molecule has 1 aromatic heterocycles. The van der Waals surface area contributed by atoms with Crippen LogP contribution in [0.2, 0.25) is 0 Å². The summed E-state index contributed by atoms with van der Waals surface area (Å²) >= 11 is 1.77. The molecule has 0 aromatic carbocycles. The predicted molar refractivity (Wildman–Crippen MR) is 51.6 cm³/mol. The van der Waals surface area contributed by atoms with E-state index in [9.17, 15) is 0 Å². The van der Waals surface area contributed by atoms with Gasteiger partial charge in [-0.2, -0.15) is 0 Å². The first kappa shape index (κ1) is 8.50. The average Bonchev–Trinajstić information content (AvgIpc) is 2.52. The van der Waals surface area contributed by atoms with E-state index in [1.54, 1.807) is 11.3 Å². The average molecular weight is 167 g/mol. The van der Waals surface area contributed by atoms with E-state index in [-0.39, 0.29) is 0 Å². The Morgan fingerprint density at radius 3 is 3.09 bits per heavy atom. The lowest BCUT2D eigenvalue weighted by Gasteiger charge is -1.94. The molecule has 1 rings (SSSR count). The Kier molecular flexibility index (Phi) is 3.33. The second kappa shape index (κ2) is 4.31. The van der Waals surface area contributed by atoms with Gasteiger partial charge in [-0.15, -0.1) is 11.3 Å². The van der Waals surface area contributed by atoms with Crippen molar-refractivity contribution < 1.29 is 0 Å². The molecule has 0 radical (unpaired) electrons. The Labute approximate surface area is 71.5 Å². The summed E-state index contributed by atoms with van der Waals surface area (Å²) in [5, 5.41) is 2.09. The van der Waals surface area contributed by atoms with Gasteiger partial charge < -0.3 is 5.73 Å². The van der Waals surface area contributed by atoms with Gasteiger partial charge in [-0.25, -0.2) is 0 Å². The van der Waals surface area contributed by atoms with Gasteiger partial charge in [0, 0.05) is 4.88 Å². The van der Waals surface area contributed by atoms with Gasteiger partial charge in [0.15, 0.2) is 0 Å². The van der Waals surface area contributed by atoms with Crippen LogP contribution in [0.25, 0.3) is 5.57 Å². The monoisotopic (exact) mass is 167 g/mol. The van der Waals surface area contributed by atoms with Crippen LogP contribution in [0.15, 0.2) is 23.6 Å². The van der Waals surface area contributed by atoms with Gasteiger partial charge in [-0.3, -0.25) is 0 Å². The first-order chi connectivity index (χ1) is 5.34. The van der Waals surface area contributed by atoms with Gasteiger partial charge in [-0.05, 0) is 36.9 Å². The van der Waals surface area contributed by atoms with Crippen LogP contribution in [0.3, 0.4) is 0 Å². The summed E-state index contributed by atoms with van der Waals surface area (Å²) in [5.74, 6) is 0. The zero-order valence-corrected chi connectivity index (χ0v) is 7.53. The zero-order valence-electron chi connectivity index (χ0n) is 6.71. The number of hydrogen-bond acceptors (Lipinski definition) is 2. The molecule has 0 spiro atoms. The van der Waals surface area contributed by atoms with Crippen molar-refractivity contribution in [2.24, 2.45) is 5.73 Å². The summed E-state index contributed by atoms with van der Waals surface area (Å²) < 4.78 is 0. The predicted octanol–water partition coefficient (Wildman–Crippen LogP) is 2.50. The molecule has 2 N–H and O–H groups in total. The molecule has 0 aliphatic carbocycles. The van der Waals surface area contributed by atoms with Crippen LogP contribution in [0, 0.1) is 0 Å². The number of thiophene rings is 1. The van der Waals surface area contributed by atoms with Crippen molar-refractivity contribution in [2.75, 3.05) is 6.54 Å². The van der Waals surface area contributed by atoms with Crippen LogP contribution in [0.1, 0.15) is 18.2 Å². The highest BCUT2D eigenvalue weighted by Gasteiger charge is 1.93. The lowest BCUT2D eigenvalue weighted by Crippen LogP contribution is -1.95. The highest BCUT2D eigenvalue weighted by molar-refractivity contribution is 7.11. The fourth-order valence-corrected chi connectivity index (χ4v) is 1.63. The van der Waals surface area contributed by atoms with Crippen molar-refractivity contribution in [1.82, 2.24) is 0 Å². The molecule has 0 atom stereocenters. The van der Waals surface area contributed by atoms with Gasteiger partial charge in [0.2, 0.25) is 0 Å². The van der Waals surface area contributed by atoms with E-state index in [4.69, 9.17) is 5.73 Å². The van der Waals surface area contributed by atoms with Crippen LogP contribution < -0.4 is 5.73 Å². The lowest BCUT2D eigenvalue weighted by molar-refractivity contribution is 1.01. The molecule has 0 aliphatic heterocycles. The molecule has 0 aliphatic rings. The minimum atomic E-state index is 0.739. The summed E-state index contributed by atoms with van der Waals surface area (Å²) in [4.78, 5) is 1.35. The molecule has 60 valence electrons. The Balaban J connectivity index is 2.62. The second-order valence-electron chi connectivity index (χ2n) is 2.44. The topological polar surface area (TPSA) is 26.0 Å². The van der Waals surface area contributed by atoms with E-state index >= 15 is 0 Å². The largest absolute Gasteiger partial charge is 0.330 e. The molecule has 0 bridgehead atoms. The molecule has 11 heavy (non-hydrogen) atoms. The molecule has 0 unspecified atom stereocenters. The Hall–Kier alpha value is -0.600. The smallest absolute Gasteiger partial charge is 0.0296 e. The van der Waals surface area contributed by atoms with Gasteiger partial charge in [0.25, 0.3) is 0 Å². The molecule has 0 saturated carbocycles.